The van der Waals surface area contributed by atoms with Crippen LogP contribution in [0.25, 0.3) is 10.8 Å². The summed E-state index contributed by atoms with van der Waals surface area (Å²) in [5, 5.41) is 1.85. The average Bonchev–Trinajstić information content (AvgIpc) is 3.05. The lowest BCUT2D eigenvalue weighted by molar-refractivity contribution is 0.284. The third-order valence-corrected chi connectivity index (χ3v) is 9.12. The molecule has 0 aliphatic carbocycles. The van der Waals surface area contributed by atoms with Crippen LogP contribution in [0.1, 0.15) is 16.7 Å². The summed E-state index contributed by atoms with van der Waals surface area (Å²) >= 11 is 0. The lowest BCUT2D eigenvalue weighted by Gasteiger charge is -2.23. The smallest absolute Gasteiger partial charge is 0.243 e. The number of fused-ring (bicyclic) bond motifs is 1. The minimum Gasteiger partial charge on any atom is -0.493 e. The molecule has 0 saturated carbocycles. The third kappa shape index (κ3) is 7.10. The van der Waals surface area contributed by atoms with Crippen LogP contribution in [0, 0.1) is 0 Å². The molecule has 0 aromatic heterocycles. The van der Waals surface area contributed by atoms with Crippen LogP contribution in [0.3, 0.4) is 0 Å². The van der Waals surface area contributed by atoms with Crippen LogP contribution < -0.4 is 18.9 Å². The number of nitrogens with zero attached hydrogens (tertiary/aromatic N) is 1. The number of ether oxygens (including phenoxy) is 4. The second-order valence-corrected chi connectivity index (χ2v) is 12.0. The maximum Gasteiger partial charge on any atom is 0.243 e. The van der Waals surface area contributed by atoms with E-state index >= 15 is 0 Å². The summed E-state index contributed by atoms with van der Waals surface area (Å²) in [6.07, 6.45) is 0.475. The van der Waals surface area contributed by atoms with Gasteiger partial charge >= 0.3 is 0 Å². The van der Waals surface area contributed by atoms with Crippen molar-refractivity contribution in [2.45, 2.75) is 24.5 Å². The van der Waals surface area contributed by atoms with Gasteiger partial charge in [-0.2, -0.15) is 4.31 Å². The Hall–Kier alpha value is -4.53. The Morgan fingerprint density at radius 1 is 0.581 bits per heavy atom. The van der Waals surface area contributed by atoms with Crippen molar-refractivity contribution in [2.75, 3.05) is 27.9 Å². The standard InChI is InChI=1S/C35H35NO6S/c1-39-32-17-13-26(21-34(32)40-2)19-20-36(43(37,38)31-16-15-29-11-7-8-12-30(29)23-31)24-28-14-18-33(35(22-28)41-3)42-25-27-9-5-4-6-10-27/h4-18,21-23H,19-20,24-25H2,1-3H3. The monoisotopic (exact) mass is 597 g/mol. The van der Waals surface area contributed by atoms with Crippen molar-refractivity contribution in [1.82, 2.24) is 4.31 Å². The van der Waals surface area contributed by atoms with E-state index in [-0.39, 0.29) is 18.0 Å². The lowest BCUT2D eigenvalue weighted by Crippen LogP contribution is -2.32. The van der Waals surface area contributed by atoms with Gasteiger partial charge in [-0.05, 0) is 70.3 Å². The maximum atomic E-state index is 14.1. The third-order valence-electron chi connectivity index (χ3n) is 7.28. The SMILES string of the molecule is COc1ccc(CCN(Cc2ccc(OCc3ccccc3)c(OC)c2)S(=O)(=O)c2ccc3ccccc3c2)cc1OC. The summed E-state index contributed by atoms with van der Waals surface area (Å²) in [5.41, 5.74) is 2.75. The van der Waals surface area contributed by atoms with Crippen LogP contribution in [0.2, 0.25) is 0 Å². The van der Waals surface area contributed by atoms with Crippen LogP contribution >= 0.6 is 0 Å². The molecule has 0 radical (unpaired) electrons. The van der Waals surface area contributed by atoms with Crippen LogP contribution in [0.4, 0.5) is 0 Å². The molecule has 8 heteroatoms. The molecule has 7 nitrogen and oxygen atoms in total. The van der Waals surface area contributed by atoms with Crippen molar-refractivity contribution in [1.29, 1.82) is 0 Å². The number of sulfonamides is 1. The van der Waals surface area contributed by atoms with Gasteiger partial charge in [-0.25, -0.2) is 8.42 Å². The Bertz CT molecular complexity index is 1790. The topological polar surface area (TPSA) is 74.3 Å². The number of methoxy groups -OCH3 is 3. The summed E-state index contributed by atoms with van der Waals surface area (Å²) in [7, 11) is 0.886. The molecule has 0 atom stereocenters. The van der Waals surface area contributed by atoms with Gasteiger partial charge < -0.3 is 18.9 Å². The summed E-state index contributed by atoms with van der Waals surface area (Å²) < 4.78 is 52.2. The van der Waals surface area contributed by atoms with E-state index in [2.05, 4.69) is 0 Å². The fourth-order valence-corrected chi connectivity index (χ4v) is 6.38. The predicted octanol–water partition coefficient (Wildman–Crippen LogP) is 6.88. The van der Waals surface area contributed by atoms with Crippen LogP contribution in [-0.4, -0.2) is 40.6 Å². The fraction of sp³-hybridized carbons (Fsp3) is 0.200. The van der Waals surface area contributed by atoms with Crippen molar-refractivity contribution in [3.8, 4) is 23.0 Å². The molecule has 0 aliphatic heterocycles. The van der Waals surface area contributed by atoms with E-state index in [1.54, 1.807) is 33.5 Å². The van der Waals surface area contributed by atoms with E-state index in [0.29, 0.717) is 36.0 Å². The number of hydrogen-bond donors (Lipinski definition) is 0. The zero-order chi connectivity index (χ0) is 30.2. The van der Waals surface area contributed by atoms with Crippen molar-refractivity contribution in [3.63, 3.8) is 0 Å². The molecule has 0 aliphatic rings. The fourth-order valence-electron chi connectivity index (χ4n) is 4.92. The average molecular weight is 598 g/mol. The van der Waals surface area contributed by atoms with Gasteiger partial charge in [0.15, 0.2) is 23.0 Å². The molecule has 5 aromatic rings. The number of benzene rings is 5. The van der Waals surface area contributed by atoms with Gasteiger partial charge in [0.25, 0.3) is 0 Å². The molecule has 5 aromatic carbocycles. The van der Waals surface area contributed by atoms with E-state index in [1.165, 1.54) is 4.31 Å². The molecule has 0 amide bonds. The molecule has 0 heterocycles. The first-order valence-corrected chi connectivity index (χ1v) is 15.4. The van der Waals surface area contributed by atoms with Crippen LogP contribution in [-0.2, 0) is 29.6 Å². The highest BCUT2D eigenvalue weighted by molar-refractivity contribution is 7.89. The molecular formula is C35H35NO6S. The quantitative estimate of drug-likeness (QED) is 0.147. The molecular weight excluding hydrogens is 562 g/mol. The van der Waals surface area contributed by atoms with Gasteiger partial charge in [-0.3, -0.25) is 0 Å². The molecule has 5 rings (SSSR count). The van der Waals surface area contributed by atoms with E-state index in [9.17, 15) is 8.42 Å². The Labute approximate surface area is 253 Å². The highest BCUT2D eigenvalue weighted by atomic mass is 32.2. The van der Waals surface area contributed by atoms with Gasteiger partial charge in [0.05, 0.1) is 26.2 Å². The zero-order valence-electron chi connectivity index (χ0n) is 24.5. The second-order valence-electron chi connectivity index (χ2n) is 10.0. The molecule has 0 spiro atoms. The highest BCUT2D eigenvalue weighted by Gasteiger charge is 2.26. The molecule has 0 N–H and O–H groups in total. The van der Waals surface area contributed by atoms with Gasteiger partial charge in [0.2, 0.25) is 10.0 Å². The molecule has 0 fully saturated rings. The summed E-state index contributed by atoms with van der Waals surface area (Å²) in [5.74, 6) is 2.34. The highest BCUT2D eigenvalue weighted by Crippen LogP contribution is 2.32. The van der Waals surface area contributed by atoms with Crippen molar-refractivity contribution < 1.29 is 27.4 Å². The summed E-state index contributed by atoms with van der Waals surface area (Å²) in [6.45, 7) is 0.793. The van der Waals surface area contributed by atoms with Gasteiger partial charge in [0, 0.05) is 13.1 Å². The van der Waals surface area contributed by atoms with Crippen LogP contribution in [0.15, 0.2) is 114 Å². The van der Waals surface area contributed by atoms with E-state index in [4.69, 9.17) is 18.9 Å². The Kier molecular flexibility index (Phi) is 9.49. The number of rotatable bonds is 13. The summed E-state index contributed by atoms with van der Waals surface area (Å²) in [6, 6.07) is 34.0. The second kappa shape index (κ2) is 13.6. The van der Waals surface area contributed by atoms with Gasteiger partial charge in [0.1, 0.15) is 6.61 Å². The van der Waals surface area contributed by atoms with Crippen molar-refractivity contribution in [3.05, 3.63) is 126 Å². The Morgan fingerprint density at radius 2 is 1.21 bits per heavy atom. The predicted molar refractivity (Wildman–Crippen MR) is 169 cm³/mol. The first-order chi connectivity index (χ1) is 20.9. The van der Waals surface area contributed by atoms with Gasteiger partial charge in [-0.15, -0.1) is 0 Å². The first kappa shape index (κ1) is 29.9. The molecule has 0 unspecified atom stereocenters. The van der Waals surface area contributed by atoms with Gasteiger partial charge in [-0.1, -0.05) is 72.8 Å². The molecule has 222 valence electrons. The normalized spacial score (nSPS) is 11.4. The van der Waals surface area contributed by atoms with Crippen molar-refractivity contribution >= 4 is 20.8 Å². The first-order valence-electron chi connectivity index (χ1n) is 13.9. The maximum absolute atomic E-state index is 14.1. The molecule has 0 saturated heterocycles. The summed E-state index contributed by atoms with van der Waals surface area (Å²) in [4.78, 5) is 0.244. The Balaban J connectivity index is 1.43. The molecule has 0 bridgehead atoms. The van der Waals surface area contributed by atoms with Crippen molar-refractivity contribution in [2.24, 2.45) is 0 Å². The van der Waals surface area contributed by atoms with E-state index < -0.39 is 10.0 Å². The lowest BCUT2D eigenvalue weighted by atomic mass is 10.1. The Morgan fingerprint density at radius 3 is 1.95 bits per heavy atom. The van der Waals surface area contributed by atoms with Crippen LogP contribution in [0.5, 0.6) is 23.0 Å². The molecule has 43 heavy (non-hydrogen) atoms. The zero-order valence-corrected chi connectivity index (χ0v) is 25.3. The minimum absolute atomic E-state index is 0.151. The largest absolute Gasteiger partial charge is 0.493 e. The minimum atomic E-state index is -3.86. The van der Waals surface area contributed by atoms with E-state index in [0.717, 1.165) is 27.5 Å². The van der Waals surface area contributed by atoms with E-state index in [1.807, 2.05) is 97.1 Å². The number of hydrogen-bond acceptors (Lipinski definition) is 6.